The molecule has 76 valence electrons. The Morgan fingerprint density at radius 2 is 1.69 bits per heavy atom. The summed E-state index contributed by atoms with van der Waals surface area (Å²) in [6.45, 7) is 2.97. The number of rotatable bonds is 3. The van der Waals surface area contributed by atoms with E-state index in [0.29, 0.717) is 0 Å². The van der Waals surface area contributed by atoms with E-state index in [-0.39, 0.29) is 0 Å². The van der Waals surface area contributed by atoms with Crippen LogP contribution in [0.2, 0.25) is 0 Å². The van der Waals surface area contributed by atoms with E-state index in [1.165, 1.54) is 35.1 Å². The van der Waals surface area contributed by atoms with Crippen molar-refractivity contribution in [2.45, 2.75) is 13.8 Å². The van der Waals surface area contributed by atoms with E-state index in [4.69, 9.17) is 0 Å². The second-order valence-corrected chi connectivity index (χ2v) is 3.10. The molecule has 0 bridgehead atoms. The van der Waals surface area contributed by atoms with Gasteiger partial charge in [-0.3, -0.25) is 14.4 Å². The molecule has 0 atom stereocenters. The molecule has 0 saturated carbocycles. The smallest absolute Gasteiger partial charge is 0.320 e. The van der Waals surface area contributed by atoms with Crippen LogP contribution < -0.4 is 0 Å². The van der Waals surface area contributed by atoms with E-state index in [1.807, 2.05) is 0 Å². The van der Waals surface area contributed by atoms with Crippen LogP contribution in [0.4, 0.5) is 0 Å². The van der Waals surface area contributed by atoms with Crippen molar-refractivity contribution in [3.8, 4) is 0 Å². The van der Waals surface area contributed by atoms with Crippen LogP contribution in [0.3, 0.4) is 0 Å². The third-order valence-corrected chi connectivity index (χ3v) is 1.79. The lowest BCUT2D eigenvalue weighted by Gasteiger charge is -2.24. The predicted molar refractivity (Wildman–Crippen MR) is 45.6 cm³/mol. The minimum absolute atomic E-state index is 0.443. The van der Waals surface area contributed by atoms with Gasteiger partial charge >= 0.3 is 5.97 Å². The first-order valence-electron chi connectivity index (χ1n) is 3.78. The second-order valence-electron chi connectivity index (χ2n) is 3.10. The highest BCUT2D eigenvalue weighted by Crippen LogP contribution is 2.19. The number of hydrogen-bond acceptors (Lipinski definition) is 4. The first kappa shape index (κ1) is 11.9. The summed E-state index contributed by atoms with van der Waals surface area (Å²) in [4.78, 5) is 27.3. The summed E-state index contributed by atoms with van der Waals surface area (Å²) < 4.78 is 4.49. The van der Waals surface area contributed by atoms with Gasteiger partial charge in [0.25, 0.3) is 5.91 Å². The van der Waals surface area contributed by atoms with Gasteiger partial charge in [-0.05, 0) is 13.8 Å². The molecule has 5 heteroatoms. The van der Waals surface area contributed by atoms with Crippen molar-refractivity contribution in [2.75, 3.05) is 21.3 Å². The first-order valence-corrected chi connectivity index (χ1v) is 3.78. The molecule has 1 amide bonds. The number of amides is 1. The quantitative estimate of drug-likeness (QED) is 0.361. The molecule has 0 saturated heterocycles. The van der Waals surface area contributed by atoms with Crippen LogP contribution in [-0.4, -0.2) is 38.2 Å². The number of ether oxygens (including phenoxy) is 1. The minimum atomic E-state index is -1.21. The van der Waals surface area contributed by atoms with Gasteiger partial charge in [0.05, 0.1) is 14.2 Å². The van der Waals surface area contributed by atoms with Gasteiger partial charge in [-0.2, -0.15) is 0 Å². The maximum atomic E-state index is 11.5. The molecule has 0 N–H and O–H groups in total. The van der Waals surface area contributed by atoms with Crippen LogP contribution in [0, 0.1) is 5.41 Å². The summed E-state index contributed by atoms with van der Waals surface area (Å²) in [5.74, 6) is -1.02. The molecule has 0 rings (SSSR count). The van der Waals surface area contributed by atoms with Crippen molar-refractivity contribution < 1.29 is 19.2 Å². The number of nitrogens with zero attached hydrogens (tertiary/aromatic N) is 1. The molecule has 0 fully saturated rings. The van der Waals surface area contributed by atoms with Crippen LogP contribution in [0.25, 0.3) is 0 Å². The molecule has 0 spiro atoms. The number of carbonyl (C=O) groups is 2. The third-order valence-electron chi connectivity index (χ3n) is 1.79. The summed E-state index contributed by atoms with van der Waals surface area (Å²) in [5.41, 5.74) is -1.21. The van der Waals surface area contributed by atoms with E-state index in [2.05, 4.69) is 9.57 Å². The average molecular weight is 189 g/mol. The highest BCUT2D eigenvalue weighted by Gasteiger charge is 2.39. The SMILES string of the molecule is COC(=O)C(C)(C)C(=O)N(C)OC. The summed E-state index contributed by atoms with van der Waals surface area (Å²) in [7, 11) is 4.03. The van der Waals surface area contributed by atoms with Gasteiger partial charge in [-0.25, -0.2) is 5.06 Å². The maximum Gasteiger partial charge on any atom is 0.320 e. The van der Waals surface area contributed by atoms with E-state index in [1.54, 1.807) is 0 Å². The zero-order valence-corrected chi connectivity index (χ0v) is 8.58. The summed E-state index contributed by atoms with van der Waals surface area (Å²) in [6.07, 6.45) is 0. The average Bonchev–Trinajstić information content (AvgIpc) is 2.13. The lowest BCUT2D eigenvalue weighted by Crippen LogP contribution is -2.43. The van der Waals surface area contributed by atoms with Crippen molar-refractivity contribution in [3.63, 3.8) is 0 Å². The van der Waals surface area contributed by atoms with Crippen LogP contribution in [0.5, 0.6) is 0 Å². The van der Waals surface area contributed by atoms with Crippen molar-refractivity contribution in [2.24, 2.45) is 5.41 Å². The molecule has 0 aromatic heterocycles. The first-order chi connectivity index (χ1) is 5.87. The second kappa shape index (κ2) is 4.23. The van der Waals surface area contributed by atoms with Gasteiger partial charge in [0, 0.05) is 7.05 Å². The van der Waals surface area contributed by atoms with Crippen LogP contribution in [-0.2, 0) is 19.2 Å². The van der Waals surface area contributed by atoms with Crippen molar-refractivity contribution in [1.29, 1.82) is 0 Å². The van der Waals surface area contributed by atoms with E-state index >= 15 is 0 Å². The summed E-state index contributed by atoms with van der Waals surface area (Å²) in [5, 5.41) is 0.997. The van der Waals surface area contributed by atoms with Crippen LogP contribution >= 0.6 is 0 Å². The number of methoxy groups -OCH3 is 1. The highest BCUT2D eigenvalue weighted by atomic mass is 16.7. The molecule has 0 aliphatic heterocycles. The number of hydrogen-bond donors (Lipinski definition) is 0. The molecule has 0 unspecified atom stereocenters. The van der Waals surface area contributed by atoms with Crippen molar-refractivity contribution >= 4 is 11.9 Å². The van der Waals surface area contributed by atoms with E-state index < -0.39 is 17.3 Å². The fraction of sp³-hybridized carbons (Fsp3) is 0.750. The Morgan fingerprint density at radius 1 is 1.23 bits per heavy atom. The normalized spacial score (nSPS) is 10.8. The largest absolute Gasteiger partial charge is 0.468 e. The lowest BCUT2D eigenvalue weighted by molar-refractivity contribution is -0.185. The molecule has 5 nitrogen and oxygen atoms in total. The molecular weight excluding hydrogens is 174 g/mol. The van der Waals surface area contributed by atoms with Crippen molar-refractivity contribution in [3.05, 3.63) is 0 Å². The molecule has 0 heterocycles. The molecule has 0 aromatic carbocycles. The molecular formula is C8H15NO4. The van der Waals surface area contributed by atoms with Gasteiger partial charge < -0.3 is 4.74 Å². The molecule has 0 aromatic rings. The predicted octanol–water partition coefficient (Wildman–Crippen LogP) is 0.205. The summed E-state index contributed by atoms with van der Waals surface area (Å²) in [6, 6.07) is 0. The number of hydroxylamine groups is 2. The number of esters is 1. The van der Waals surface area contributed by atoms with E-state index in [0.717, 1.165) is 5.06 Å². The zero-order valence-electron chi connectivity index (χ0n) is 8.58. The lowest BCUT2D eigenvalue weighted by atomic mass is 9.92. The maximum absolute atomic E-state index is 11.5. The van der Waals surface area contributed by atoms with Crippen LogP contribution in [0.15, 0.2) is 0 Å². The topological polar surface area (TPSA) is 55.8 Å². The van der Waals surface area contributed by atoms with Gasteiger partial charge in [-0.1, -0.05) is 0 Å². The fourth-order valence-corrected chi connectivity index (χ4v) is 0.819. The standard InChI is InChI=1S/C8H15NO4/c1-8(2,7(11)12-4)6(10)9(3)13-5/h1-5H3. The molecule has 13 heavy (non-hydrogen) atoms. The van der Waals surface area contributed by atoms with Gasteiger partial charge in [0.15, 0.2) is 0 Å². The Hall–Kier alpha value is -1.10. The Morgan fingerprint density at radius 3 is 2.00 bits per heavy atom. The monoisotopic (exact) mass is 189 g/mol. The van der Waals surface area contributed by atoms with Crippen LogP contribution in [0.1, 0.15) is 13.8 Å². The van der Waals surface area contributed by atoms with Gasteiger partial charge in [0.1, 0.15) is 5.41 Å². The Kier molecular flexibility index (Phi) is 3.87. The Bertz CT molecular complexity index is 212. The summed E-state index contributed by atoms with van der Waals surface area (Å²) >= 11 is 0. The van der Waals surface area contributed by atoms with Gasteiger partial charge in [0.2, 0.25) is 0 Å². The fourth-order valence-electron chi connectivity index (χ4n) is 0.819. The third kappa shape index (κ3) is 2.42. The van der Waals surface area contributed by atoms with Gasteiger partial charge in [-0.15, -0.1) is 0 Å². The molecule has 0 aliphatic rings. The minimum Gasteiger partial charge on any atom is -0.468 e. The van der Waals surface area contributed by atoms with E-state index in [9.17, 15) is 9.59 Å². The van der Waals surface area contributed by atoms with Crippen molar-refractivity contribution in [1.82, 2.24) is 5.06 Å². The Labute approximate surface area is 77.6 Å². The zero-order chi connectivity index (χ0) is 10.6. The molecule has 0 aliphatic carbocycles. The number of carbonyl (C=O) groups excluding carboxylic acids is 2. The highest BCUT2D eigenvalue weighted by molar-refractivity contribution is 6.01. The Balaban J connectivity index is 4.63. The molecule has 0 radical (unpaired) electrons.